The average molecular weight is 310 g/mol. The Morgan fingerprint density at radius 2 is 0.909 bits per heavy atom. The van der Waals surface area contributed by atoms with Gasteiger partial charge < -0.3 is 5.32 Å². The van der Waals surface area contributed by atoms with Gasteiger partial charge in [-0.1, -0.05) is 110 Å². The van der Waals surface area contributed by atoms with Crippen molar-refractivity contribution in [2.45, 2.75) is 117 Å². The monoisotopic (exact) mass is 309 g/mol. The van der Waals surface area contributed by atoms with Gasteiger partial charge in [-0.25, -0.2) is 0 Å². The minimum Gasteiger partial charge on any atom is -0.389 e. The van der Waals surface area contributed by atoms with E-state index in [0.29, 0.717) is 0 Å². The third-order valence-corrected chi connectivity index (χ3v) is 4.46. The highest BCUT2D eigenvalue weighted by molar-refractivity contribution is 4.83. The molecule has 0 aliphatic heterocycles. The Kier molecular flexibility index (Phi) is 18.2. The maximum atomic E-state index is 3.85. The summed E-state index contributed by atoms with van der Waals surface area (Å²) >= 11 is 0. The number of hydrogen-bond donors (Lipinski definition) is 1. The minimum atomic E-state index is 1.10. The number of allylic oxidation sites excluding steroid dienone is 1. The third-order valence-electron chi connectivity index (χ3n) is 4.46. The van der Waals surface area contributed by atoms with Gasteiger partial charge in [0.15, 0.2) is 0 Å². The van der Waals surface area contributed by atoms with Crippen LogP contribution < -0.4 is 5.32 Å². The molecule has 0 aromatic rings. The van der Waals surface area contributed by atoms with Crippen LogP contribution in [0.25, 0.3) is 0 Å². The number of hydrogen-bond acceptors (Lipinski definition) is 1. The summed E-state index contributed by atoms with van der Waals surface area (Å²) < 4.78 is 0. The Bertz CT molecular complexity index is 222. The molecule has 1 heteroatoms. The second-order valence-electron chi connectivity index (χ2n) is 7.01. The standard InChI is InChI=1S/C21H43N/c1-4-5-6-7-8-9-10-11-12-13-14-15-16-17-18-19-20-22-21(2)3/h22H,2,4-20H2,1,3H3. The summed E-state index contributed by atoms with van der Waals surface area (Å²) in [6, 6.07) is 0. The van der Waals surface area contributed by atoms with E-state index in [1.165, 1.54) is 103 Å². The van der Waals surface area contributed by atoms with Crippen LogP contribution in [0.2, 0.25) is 0 Å². The van der Waals surface area contributed by atoms with Gasteiger partial charge in [0, 0.05) is 12.2 Å². The first-order valence-corrected chi connectivity index (χ1v) is 10.2. The SMILES string of the molecule is C=C(C)NCCCCCCCCCCCCCCCCCC. The first-order chi connectivity index (χ1) is 10.8. The van der Waals surface area contributed by atoms with Gasteiger partial charge in [-0.05, 0) is 13.3 Å². The highest BCUT2D eigenvalue weighted by Crippen LogP contribution is 2.13. The van der Waals surface area contributed by atoms with Crippen molar-refractivity contribution >= 4 is 0 Å². The molecular formula is C21H43N. The van der Waals surface area contributed by atoms with E-state index in [0.717, 1.165) is 12.2 Å². The van der Waals surface area contributed by atoms with E-state index in [2.05, 4.69) is 18.8 Å². The number of nitrogens with one attached hydrogen (secondary N) is 1. The van der Waals surface area contributed by atoms with Crippen LogP contribution in [-0.2, 0) is 0 Å². The molecule has 0 aliphatic carbocycles. The maximum Gasteiger partial charge on any atom is 0.0143 e. The zero-order valence-electron chi connectivity index (χ0n) is 15.7. The zero-order valence-corrected chi connectivity index (χ0v) is 15.7. The molecule has 0 unspecified atom stereocenters. The maximum absolute atomic E-state index is 3.85. The van der Waals surface area contributed by atoms with Crippen molar-refractivity contribution in [2.75, 3.05) is 6.54 Å². The van der Waals surface area contributed by atoms with Gasteiger partial charge in [0.25, 0.3) is 0 Å². The molecule has 1 nitrogen and oxygen atoms in total. The molecule has 0 aromatic heterocycles. The lowest BCUT2D eigenvalue weighted by Crippen LogP contribution is -2.11. The summed E-state index contributed by atoms with van der Waals surface area (Å²) in [5, 5.41) is 3.30. The molecule has 132 valence electrons. The predicted molar refractivity (Wildman–Crippen MR) is 102 cm³/mol. The van der Waals surface area contributed by atoms with Gasteiger partial charge in [-0.15, -0.1) is 0 Å². The van der Waals surface area contributed by atoms with Crippen LogP contribution in [0.3, 0.4) is 0 Å². The van der Waals surface area contributed by atoms with Gasteiger partial charge in [-0.3, -0.25) is 0 Å². The molecular weight excluding hydrogens is 266 g/mol. The van der Waals surface area contributed by atoms with Gasteiger partial charge in [0.05, 0.1) is 0 Å². The van der Waals surface area contributed by atoms with Crippen LogP contribution in [0.5, 0.6) is 0 Å². The molecule has 0 saturated heterocycles. The zero-order chi connectivity index (χ0) is 16.3. The van der Waals surface area contributed by atoms with Crippen LogP contribution in [-0.4, -0.2) is 6.54 Å². The van der Waals surface area contributed by atoms with Crippen molar-refractivity contribution in [1.82, 2.24) is 5.32 Å². The molecule has 0 saturated carbocycles. The molecule has 0 aromatic carbocycles. The van der Waals surface area contributed by atoms with Crippen molar-refractivity contribution in [3.05, 3.63) is 12.3 Å². The molecule has 0 spiro atoms. The van der Waals surface area contributed by atoms with Gasteiger partial charge >= 0.3 is 0 Å². The predicted octanol–water partition coefficient (Wildman–Crippen LogP) is 7.37. The fraction of sp³-hybridized carbons (Fsp3) is 0.905. The summed E-state index contributed by atoms with van der Waals surface area (Å²) in [5.41, 5.74) is 1.10. The van der Waals surface area contributed by atoms with Crippen LogP contribution in [0.4, 0.5) is 0 Å². The summed E-state index contributed by atoms with van der Waals surface area (Å²) in [7, 11) is 0. The van der Waals surface area contributed by atoms with Crippen molar-refractivity contribution in [1.29, 1.82) is 0 Å². The third kappa shape index (κ3) is 19.5. The second-order valence-corrected chi connectivity index (χ2v) is 7.01. The van der Waals surface area contributed by atoms with E-state index in [4.69, 9.17) is 0 Å². The van der Waals surface area contributed by atoms with Crippen molar-refractivity contribution in [2.24, 2.45) is 0 Å². The molecule has 22 heavy (non-hydrogen) atoms. The van der Waals surface area contributed by atoms with E-state index in [1.807, 2.05) is 6.92 Å². The molecule has 0 aliphatic rings. The van der Waals surface area contributed by atoms with E-state index >= 15 is 0 Å². The van der Waals surface area contributed by atoms with Crippen molar-refractivity contribution in [3.63, 3.8) is 0 Å². The Morgan fingerprint density at radius 1 is 0.591 bits per heavy atom. The van der Waals surface area contributed by atoms with Crippen molar-refractivity contribution < 1.29 is 0 Å². The number of unbranched alkanes of at least 4 members (excludes halogenated alkanes) is 15. The summed E-state index contributed by atoms with van der Waals surface area (Å²) in [5.74, 6) is 0. The Labute approximate surface area is 141 Å². The fourth-order valence-corrected chi connectivity index (χ4v) is 2.97. The average Bonchev–Trinajstić information content (AvgIpc) is 2.50. The minimum absolute atomic E-state index is 1.10. The molecule has 0 atom stereocenters. The Morgan fingerprint density at radius 3 is 1.23 bits per heavy atom. The highest BCUT2D eigenvalue weighted by Gasteiger charge is 1.94. The lowest BCUT2D eigenvalue weighted by molar-refractivity contribution is 0.528. The molecule has 0 heterocycles. The van der Waals surface area contributed by atoms with Gasteiger partial charge in [0.1, 0.15) is 0 Å². The lowest BCUT2D eigenvalue weighted by atomic mass is 10.0. The lowest BCUT2D eigenvalue weighted by Gasteiger charge is -2.05. The van der Waals surface area contributed by atoms with Gasteiger partial charge in [0.2, 0.25) is 0 Å². The van der Waals surface area contributed by atoms with E-state index in [9.17, 15) is 0 Å². The van der Waals surface area contributed by atoms with Crippen LogP contribution in [0.1, 0.15) is 117 Å². The van der Waals surface area contributed by atoms with E-state index < -0.39 is 0 Å². The quantitative estimate of drug-likeness (QED) is 0.261. The number of rotatable bonds is 18. The molecule has 0 radical (unpaired) electrons. The smallest absolute Gasteiger partial charge is 0.0143 e. The second kappa shape index (κ2) is 18.6. The molecule has 0 amide bonds. The van der Waals surface area contributed by atoms with E-state index in [1.54, 1.807) is 0 Å². The summed E-state index contributed by atoms with van der Waals surface area (Å²) in [4.78, 5) is 0. The highest BCUT2D eigenvalue weighted by atomic mass is 14.9. The Balaban J connectivity index is 2.95. The molecule has 0 bridgehead atoms. The fourth-order valence-electron chi connectivity index (χ4n) is 2.97. The van der Waals surface area contributed by atoms with Crippen molar-refractivity contribution in [3.8, 4) is 0 Å². The molecule has 0 fully saturated rings. The first-order valence-electron chi connectivity index (χ1n) is 10.2. The normalized spacial score (nSPS) is 10.8. The first kappa shape index (κ1) is 21.5. The largest absolute Gasteiger partial charge is 0.389 e. The van der Waals surface area contributed by atoms with Crippen LogP contribution >= 0.6 is 0 Å². The summed E-state index contributed by atoms with van der Waals surface area (Å²) in [6.45, 7) is 9.29. The topological polar surface area (TPSA) is 12.0 Å². The van der Waals surface area contributed by atoms with Gasteiger partial charge in [-0.2, -0.15) is 0 Å². The Hall–Kier alpha value is -0.460. The van der Waals surface area contributed by atoms with Crippen LogP contribution in [0, 0.1) is 0 Å². The summed E-state index contributed by atoms with van der Waals surface area (Å²) in [6.07, 6.45) is 23.0. The van der Waals surface area contributed by atoms with Crippen LogP contribution in [0.15, 0.2) is 12.3 Å². The molecule has 1 N–H and O–H groups in total. The molecule has 0 rings (SSSR count). The van der Waals surface area contributed by atoms with E-state index in [-0.39, 0.29) is 0 Å².